The van der Waals surface area contributed by atoms with Gasteiger partial charge in [0.15, 0.2) is 0 Å². The van der Waals surface area contributed by atoms with Gasteiger partial charge in [-0.1, -0.05) is 188 Å². The normalized spacial score (nSPS) is 12.7. The fourth-order valence-corrected chi connectivity index (χ4v) is 9.24. The Kier molecular flexibility index (Phi) is 7.10. The third-order valence-corrected chi connectivity index (χ3v) is 11.8. The Morgan fingerprint density at radius 3 is 1.83 bits per heavy atom. The first-order valence-corrected chi connectivity index (χ1v) is 19.0. The molecule has 1 atom stereocenters. The molecule has 1 aliphatic rings. The van der Waals surface area contributed by atoms with E-state index in [1.54, 1.807) is 0 Å². The number of hydrogen-bond acceptors (Lipinski definition) is 0. The minimum absolute atomic E-state index is 0.0525. The van der Waals surface area contributed by atoms with E-state index in [4.69, 9.17) is 0 Å². The summed E-state index contributed by atoms with van der Waals surface area (Å²) in [4.78, 5) is 0. The van der Waals surface area contributed by atoms with E-state index in [-0.39, 0.29) is 5.92 Å². The van der Waals surface area contributed by atoms with Crippen LogP contribution in [-0.2, 0) is 6.42 Å². The Morgan fingerprint density at radius 2 is 0.981 bits per heavy atom. The molecular formula is C54H36. The van der Waals surface area contributed by atoms with E-state index in [0.29, 0.717) is 0 Å². The molecular weight excluding hydrogens is 649 g/mol. The van der Waals surface area contributed by atoms with Crippen LogP contribution in [0.4, 0.5) is 0 Å². The molecule has 11 rings (SSSR count). The van der Waals surface area contributed by atoms with Gasteiger partial charge in [0.2, 0.25) is 0 Å². The summed E-state index contributed by atoms with van der Waals surface area (Å²) in [7, 11) is 0. The van der Waals surface area contributed by atoms with Gasteiger partial charge in [0, 0.05) is 5.92 Å². The van der Waals surface area contributed by atoms with Crippen LogP contribution in [0.3, 0.4) is 0 Å². The van der Waals surface area contributed by atoms with E-state index in [1.807, 2.05) is 0 Å². The molecule has 0 radical (unpaired) electrons. The van der Waals surface area contributed by atoms with Crippen LogP contribution in [0.1, 0.15) is 33.7 Å². The predicted octanol–water partition coefficient (Wildman–Crippen LogP) is 14.4. The molecule has 0 amide bonds. The maximum absolute atomic E-state index is 2.45. The number of benzene rings is 10. The molecule has 0 saturated heterocycles. The van der Waals surface area contributed by atoms with Gasteiger partial charge < -0.3 is 0 Å². The summed E-state index contributed by atoms with van der Waals surface area (Å²) in [5.41, 5.74) is 14.6. The van der Waals surface area contributed by atoms with E-state index < -0.39 is 0 Å². The largest absolute Gasteiger partial charge is 0.0622 e. The highest BCUT2D eigenvalue weighted by atomic mass is 14.3. The summed E-state index contributed by atoms with van der Waals surface area (Å²) >= 11 is 0. The molecule has 1 aliphatic carbocycles. The Morgan fingerprint density at radius 1 is 0.333 bits per heavy atom. The van der Waals surface area contributed by atoms with Crippen molar-refractivity contribution in [2.75, 3.05) is 0 Å². The first-order valence-electron chi connectivity index (χ1n) is 19.0. The van der Waals surface area contributed by atoms with E-state index in [1.165, 1.54) is 104 Å². The Bertz CT molecular complexity index is 3060. The molecule has 0 N–H and O–H groups in total. The van der Waals surface area contributed by atoms with Gasteiger partial charge >= 0.3 is 0 Å². The van der Waals surface area contributed by atoms with Crippen molar-refractivity contribution in [1.82, 2.24) is 0 Å². The third kappa shape index (κ3) is 4.99. The summed E-state index contributed by atoms with van der Waals surface area (Å²) in [5.74, 6) is 0.0525. The van der Waals surface area contributed by atoms with Crippen molar-refractivity contribution in [1.29, 1.82) is 0 Å². The molecule has 252 valence electrons. The molecule has 0 bridgehead atoms. The number of rotatable bonds is 5. The second-order valence-corrected chi connectivity index (χ2v) is 14.8. The van der Waals surface area contributed by atoms with Crippen molar-refractivity contribution in [3.8, 4) is 33.4 Å². The van der Waals surface area contributed by atoms with Crippen LogP contribution in [0, 0.1) is 0 Å². The van der Waals surface area contributed by atoms with E-state index >= 15 is 0 Å². The SMILES string of the molecule is c1ccc(-c2ccc(C(c3ccc4ccc(-c5cc6ccccc6c6ccccc56)cc4c3)c3cccc4c3-c3ccc5ccccc5c3C4)cc2)cc1. The van der Waals surface area contributed by atoms with Gasteiger partial charge in [-0.15, -0.1) is 0 Å². The molecule has 0 nitrogen and oxygen atoms in total. The van der Waals surface area contributed by atoms with Crippen molar-refractivity contribution in [3.05, 3.63) is 228 Å². The van der Waals surface area contributed by atoms with Gasteiger partial charge in [-0.3, -0.25) is 0 Å². The van der Waals surface area contributed by atoms with Gasteiger partial charge in [0.25, 0.3) is 0 Å². The Balaban J connectivity index is 1.10. The molecule has 1 unspecified atom stereocenters. The van der Waals surface area contributed by atoms with E-state index in [2.05, 4.69) is 200 Å². The van der Waals surface area contributed by atoms with Gasteiger partial charge in [-0.05, 0) is 123 Å². The zero-order valence-electron chi connectivity index (χ0n) is 29.8. The quantitative estimate of drug-likeness (QED) is 0.125. The molecule has 54 heavy (non-hydrogen) atoms. The summed E-state index contributed by atoms with van der Waals surface area (Å²) in [6.07, 6.45) is 0.959. The van der Waals surface area contributed by atoms with Crippen LogP contribution in [0.15, 0.2) is 200 Å². The van der Waals surface area contributed by atoms with Crippen LogP contribution < -0.4 is 0 Å². The highest BCUT2D eigenvalue weighted by Gasteiger charge is 2.28. The van der Waals surface area contributed by atoms with Gasteiger partial charge in [0.05, 0.1) is 0 Å². The lowest BCUT2D eigenvalue weighted by Gasteiger charge is -2.23. The summed E-state index contributed by atoms with van der Waals surface area (Å²) in [6, 6.07) is 74.6. The zero-order chi connectivity index (χ0) is 35.6. The summed E-state index contributed by atoms with van der Waals surface area (Å²) in [5, 5.41) is 10.3. The average Bonchev–Trinajstić information content (AvgIpc) is 3.64. The second-order valence-electron chi connectivity index (χ2n) is 14.8. The number of hydrogen-bond donors (Lipinski definition) is 0. The molecule has 0 heteroatoms. The maximum atomic E-state index is 2.45. The predicted molar refractivity (Wildman–Crippen MR) is 229 cm³/mol. The summed E-state index contributed by atoms with van der Waals surface area (Å²) < 4.78 is 0. The van der Waals surface area contributed by atoms with Crippen molar-refractivity contribution in [2.24, 2.45) is 0 Å². The molecule has 10 aromatic rings. The van der Waals surface area contributed by atoms with Gasteiger partial charge in [-0.2, -0.15) is 0 Å². The average molecular weight is 685 g/mol. The lowest BCUT2D eigenvalue weighted by Crippen LogP contribution is -2.06. The fourth-order valence-electron chi connectivity index (χ4n) is 9.24. The molecule has 0 heterocycles. The molecule has 0 spiro atoms. The molecule has 0 aromatic heterocycles. The van der Waals surface area contributed by atoms with Crippen LogP contribution in [0.5, 0.6) is 0 Å². The van der Waals surface area contributed by atoms with Gasteiger partial charge in [-0.25, -0.2) is 0 Å². The van der Waals surface area contributed by atoms with Gasteiger partial charge in [0.1, 0.15) is 0 Å². The third-order valence-electron chi connectivity index (χ3n) is 11.8. The van der Waals surface area contributed by atoms with Crippen molar-refractivity contribution in [3.63, 3.8) is 0 Å². The lowest BCUT2D eigenvalue weighted by molar-refractivity contribution is 0.981. The lowest BCUT2D eigenvalue weighted by atomic mass is 9.80. The monoisotopic (exact) mass is 684 g/mol. The zero-order valence-corrected chi connectivity index (χ0v) is 29.8. The van der Waals surface area contributed by atoms with Crippen LogP contribution in [0.25, 0.3) is 76.5 Å². The molecule has 0 aliphatic heterocycles. The number of fused-ring (bicyclic) bond motifs is 9. The Hall–Kier alpha value is -6.76. The van der Waals surface area contributed by atoms with Crippen LogP contribution >= 0.6 is 0 Å². The van der Waals surface area contributed by atoms with Crippen LogP contribution in [-0.4, -0.2) is 0 Å². The topological polar surface area (TPSA) is 0 Å². The standard InChI is InChI=1S/C54H36/c1-2-11-35(12-3-1)36-21-25-39(26-22-36)53(50-20-10-15-42-34-52-45-16-6-4-13-38(45)29-30-49(52)54(42)50)43-28-24-37-23-27-41(31-44(37)32-43)51-33-40-14-5-7-17-46(40)47-18-8-9-19-48(47)51/h1-33,53H,34H2. The van der Waals surface area contributed by atoms with Crippen LogP contribution in [0.2, 0.25) is 0 Å². The first kappa shape index (κ1) is 30.8. The fraction of sp³-hybridized carbons (Fsp3) is 0.0370. The minimum Gasteiger partial charge on any atom is -0.0622 e. The summed E-state index contributed by atoms with van der Waals surface area (Å²) in [6.45, 7) is 0. The Labute approximate surface area is 315 Å². The molecule has 0 saturated carbocycles. The smallest absolute Gasteiger partial charge is 0.0346 e. The first-order chi connectivity index (χ1) is 26.8. The highest BCUT2D eigenvalue weighted by Crippen LogP contribution is 2.47. The second kappa shape index (κ2) is 12.4. The van der Waals surface area contributed by atoms with E-state index in [0.717, 1.165) is 6.42 Å². The minimum atomic E-state index is 0.0525. The molecule has 10 aromatic carbocycles. The van der Waals surface area contributed by atoms with E-state index in [9.17, 15) is 0 Å². The van der Waals surface area contributed by atoms with Crippen molar-refractivity contribution >= 4 is 43.1 Å². The molecule has 0 fully saturated rings. The van der Waals surface area contributed by atoms with Crippen molar-refractivity contribution < 1.29 is 0 Å². The van der Waals surface area contributed by atoms with Crippen molar-refractivity contribution in [2.45, 2.75) is 12.3 Å². The maximum Gasteiger partial charge on any atom is 0.0346 e. The highest BCUT2D eigenvalue weighted by molar-refractivity contribution is 6.14.